The van der Waals surface area contributed by atoms with Crippen LogP contribution >= 0.6 is 0 Å². The van der Waals surface area contributed by atoms with Crippen LogP contribution in [0.5, 0.6) is 0 Å². The fourth-order valence-electron chi connectivity index (χ4n) is 2.51. The molecule has 0 aliphatic rings. The quantitative estimate of drug-likeness (QED) is 0.679. The van der Waals surface area contributed by atoms with Gasteiger partial charge in [0, 0.05) is 25.7 Å². The first-order valence-electron chi connectivity index (χ1n) is 8.14. The van der Waals surface area contributed by atoms with Gasteiger partial charge in [-0.3, -0.25) is 4.90 Å². The summed E-state index contributed by atoms with van der Waals surface area (Å²) in [6.45, 7) is 12.1. The molecule has 0 unspecified atom stereocenters. The van der Waals surface area contributed by atoms with Gasteiger partial charge < -0.3 is 14.5 Å². The Balaban J connectivity index is 2.60. The highest BCUT2D eigenvalue weighted by Crippen LogP contribution is 2.16. The molecule has 0 bridgehead atoms. The zero-order valence-electron chi connectivity index (χ0n) is 14.3. The molecule has 4 heteroatoms. The largest absolute Gasteiger partial charge is 0.463 e. The van der Waals surface area contributed by atoms with Gasteiger partial charge in [0.15, 0.2) is 0 Å². The third-order valence-electron chi connectivity index (χ3n) is 3.80. The molecule has 1 N–H and O–H groups in total. The second-order valence-electron chi connectivity index (χ2n) is 5.84. The van der Waals surface area contributed by atoms with Gasteiger partial charge in [0.2, 0.25) is 0 Å². The van der Waals surface area contributed by atoms with Crippen molar-refractivity contribution in [2.24, 2.45) is 0 Å². The van der Waals surface area contributed by atoms with Crippen molar-refractivity contribution in [2.75, 3.05) is 20.3 Å². The summed E-state index contributed by atoms with van der Waals surface area (Å²) >= 11 is 0. The lowest BCUT2D eigenvalue weighted by Gasteiger charge is -2.29. The van der Waals surface area contributed by atoms with Crippen molar-refractivity contribution in [3.05, 3.63) is 23.7 Å². The Morgan fingerprint density at radius 1 is 1.19 bits per heavy atom. The molecule has 122 valence electrons. The van der Waals surface area contributed by atoms with E-state index in [-0.39, 0.29) is 0 Å². The molecule has 1 aromatic rings. The zero-order chi connectivity index (χ0) is 15.7. The van der Waals surface area contributed by atoms with Crippen LogP contribution in [0.4, 0.5) is 0 Å². The van der Waals surface area contributed by atoms with Crippen LogP contribution in [0.1, 0.15) is 52.1 Å². The lowest BCUT2D eigenvalue weighted by atomic mass is 10.1. The average Bonchev–Trinajstić information content (AvgIpc) is 2.91. The summed E-state index contributed by atoms with van der Waals surface area (Å²) in [5.74, 6) is 2.05. The van der Waals surface area contributed by atoms with Gasteiger partial charge in [-0.25, -0.2) is 0 Å². The number of nitrogens with one attached hydrogen (secondary N) is 1. The van der Waals surface area contributed by atoms with E-state index < -0.39 is 0 Å². The van der Waals surface area contributed by atoms with Gasteiger partial charge in [0.05, 0.1) is 19.7 Å². The van der Waals surface area contributed by atoms with E-state index in [4.69, 9.17) is 9.15 Å². The monoisotopic (exact) mass is 296 g/mol. The number of furan rings is 1. The van der Waals surface area contributed by atoms with Gasteiger partial charge in [-0.1, -0.05) is 27.7 Å². The van der Waals surface area contributed by atoms with E-state index in [1.54, 1.807) is 7.11 Å². The first-order chi connectivity index (χ1) is 10.1. The van der Waals surface area contributed by atoms with Crippen LogP contribution in [0.15, 0.2) is 16.5 Å². The molecule has 0 aromatic carbocycles. The molecule has 0 aliphatic carbocycles. The number of ether oxygens (including phenoxy) is 1. The fourth-order valence-corrected chi connectivity index (χ4v) is 2.51. The molecule has 0 spiro atoms. The first-order valence-corrected chi connectivity index (χ1v) is 8.14. The van der Waals surface area contributed by atoms with Crippen LogP contribution in [0, 0.1) is 0 Å². The van der Waals surface area contributed by atoms with Crippen molar-refractivity contribution in [1.82, 2.24) is 10.2 Å². The van der Waals surface area contributed by atoms with Gasteiger partial charge in [-0.2, -0.15) is 0 Å². The van der Waals surface area contributed by atoms with Crippen molar-refractivity contribution < 1.29 is 9.15 Å². The molecule has 1 heterocycles. The van der Waals surface area contributed by atoms with Crippen LogP contribution in [0.25, 0.3) is 0 Å². The van der Waals surface area contributed by atoms with Crippen LogP contribution in [-0.2, 0) is 17.8 Å². The highest BCUT2D eigenvalue weighted by atomic mass is 16.5. The van der Waals surface area contributed by atoms with E-state index in [0.29, 0.717) is 12.1 Å². The highest BCUT2D eigenvalue weighted by molar-refractivity contribution is 5.07. The van der Waals surface area contributed by atoms with Gasteiger partial charge in [0.1, 0.15) is 11.5 Å². The predicted molar refractivity (Wildman–Crippen MR) is 87.3 cm³/mol. The fraction of sp³-hybridized carbons (Fsp3) is 0.765. The van der Waals surface area contributed by atoms with E-state index in [9.17, 15) is 0 Å². The highest BCUT2D eigenvalue weighted by Gasteiger charge is 2.16. The van der Waals surface area contributed by atoms with Crippen molar-refractivity contribution in [3.8, 4) is 0 Å². The van der Waals surface area contributed by atoms with Crippen molar-refractivity contribution in [1.29, 1.82) is 0 Å². The van der Waals surface area contributed by atoms with Crippen molar-refractivity contribution in [2.45, 2.75) is 65.7 Å². The summed E-state index contributed by atoms with van der Waals surface area (Å²) in [4.78, 5) is 2.46. The summed E-state index contributed by atoms with van der Waals surface area (Å²) in [6, 6.07) is 5.23. The predicted octanol–water partition coefficient (Wildman–Crippen LogP) is 3.41. The topological polar surface area (TPSA) is 37.6 Å². The Kier molecular flexibility index (Phi) is 8.66. The lowest BCUT2D eigenvalue weighted by Crippen LogP contribution is -2.36. The summed E-state index contributed by atoms with van der Waals surface area (Å²) in [6.07, 6.45) is 2.31. The lowest BCUT2D eigenvalue weighted by molar-refractivity contribution is 0.104. The third-order valence-corrected chi connectivity index (χ3v) is 3.80. The Labute approximate surface area is 129 Å². The molecule has 1 rings (SSSR count). The molecule has 0 amide bonds. The summed E-state index contributed by atoms with van der Waals surface area (Å²) in [5.41, 5.74) is 0. The summed E-state index contributed by atoms with van der Waals surface area (Å²) in [7, 11) is 1.76. The third kappa shape index (κ3) is 6.64. The second-order valence-corrected chi connectivity index (χ2v) is 5.84. The maximum atomic E-state index is 5.94. The SMILES string of the molecule is CCC(CC)N(CCOC)Cc1ccc(CNC(C)C)o1. The summed E-state index contributed by atoms with van der Waals surface area (Å²) in [5, 5.41) is 3.38. The number of nitrogens with zero attached hydrogens (tertiary/aromatic N) is 1. The van der Waals surface area contributed by atoms with Crippen molar-refractivity contribution in [3.63, 3.8) is 0 Å². The summed E-state index contributed by atoms with van der Waals surface area (Å²) < 4.78 is 11.2. The maximum absolute atomic E-state index is 5.94. The Hall–Kier alpha value is -0.840. The molecule has 0 saturated heterocycles. The number of hydrogen-bond acceptors (Lipinski definition) is 4. The van der Waals surface area contributed by atoms with E-state index in [1.165, 1.54) is 0 Å². The van der Waals surface area contributed by atoms with Gasteiger partial charge in [-0.15, -0.1) is 0 Å². The van der Waals surface area contributed by atoms with Gasteiger partial charge >= 0.3 is 0 Å². The first kappa shape index (κ1) is 18.2. The molecular weight excluding hydrogens is 264 g/mol. The molecule has 0 atom stereocenters. The minimum absolute atomic E-state index is 0.473. The molecule has 0 saturated carbocycles. The molecular formula is C17H32N2O2. The average molecular weight is 296 g/mol. The molecule has 1 aromatic heterocycles. The van der Waals surface area contributed by atoms with Gasteiger partial charge in [-0.05, 0) is 25.0 Å². The normalized spacial score (nSPS) is 12.0. The Morgan fingerprint density at radius 2 is 1.86 bits per heavy atom. The Bertz CT molecular complexity index is 373. The van der Waals surface area contributed by atoms with Crippen LogP contribution < -0.4 is 5.32 Å². The second kappa shape index (κ2) is 9.98. The van der Waals surface area contributed by atoms with E-state index in [0.717, 1.165) is 50.6 Å². The van der Waals surface area contributed by atoms with Crippen LogP contribution in [-0.4, -0.2) is 37.2 Å². The maximum Gasteiger partial charge on any atom is 0.118 e. The zero-order valence-corrected chi connectivity index (χ0v) is 14.3. The minimum atomic E-state index is 0.473. The number of rotatable bonds is 11. The van der Waals surface area contributed by atoms with Crippen LogP contribution in [0.3, 0.4) is 0 Å². The number of hydrogen-bond donors (Lipinski definition) is 1. The number of methoxy groups -OCH3 is 1. The smallest absolute Gasteiger partial charge is 0.118 e. The van der Waals surface area contributed by atoms with E-state index >= 15 is 0 Å². The molecule has 4 nitrogen and oxygen atoms in total. The minimum Gasteiger partial charge on any atom is -0.463 e. The van der Waals surface area contributed by atoms with E-state index in [1.807, 2.05) is 0 Å². The van der Waals surface area contributed by atoms with Gasteiger partial charge in [0.25, 0.3) is 0 Å². The molecule has 0 fully saturated rings. The Morgan fingerprint density at radius 3 is 2.43 bits per heavy atom. The molecule has 0 aliphatic heterocycles. The van der Waals surface area contributed by atoms with Crippen LogP contribution in [0.2, 0.25) is 0 Å². The molecule has 21 heavy (non-hydrogen) atoms. The molecule has 0 radical (unpaired) electrons. The van der Waals surface area contributed by atoms with E-state index in [2.05, 4.69) is 50.0 Å². The standard InChI is InChI=1S/C17H32N2O2/c1-6-15(7-2)19(10-11-20-5)13-17-9-8-16(21-17)12-18-14(3)4/h8-9,14-15,18H,6-7,10-13H2,1-5H3. The van der Waals surface area contributed by atoms with Crippen molar-refractivity contribution >= 4 is 0 Å².